The molecular weight excluding hydrogens is 376 g/mol. The second-order valence-electron chi connectivity index (χ2n) is 8.14. The Morgan fingerprint density at radius 3 is 2.77 bits per heavy atom. The van der Waals surface area contributed by atoms with Crippen molar-refractivity contribution < 1.29 is 4.74 Å². The maximum Gasteiger partial charge on any atom is 0.348 e. The Morgan fingerprint density at radius 2 is 1.97 bits per heavy atom. The molecule has 1 aliphatic rings. The van der Waals surface area contributed by atoms with Crippen molar-refractivity contribution in [2.24, 2.45) is 0 Å². The number of benzene rings is 2. The van der Waals surface area contributed by atoms with Crippen LogP contribution in [0.5, 0.6) is 5.75 Å². The first kappa shape index (κ1) is 18.9. The lowest BCUT2D eigenvalue weighted by Crippen LogP contribution is -2.25. The van der Waals surface area contributed by atoms with Gasteiger partial charge in [0.1, 0.15) is 5.75 Å². The SMILES string of the molecule is COc1cc2c(C)cc3n[nH]c(=O)n3c2cc1-c1ccccc1CNC1CCCC1. The average molecular weight is 402 g/mol. The minimum Gasteiger partial charge on any atom is -0.496 e. The van der Waals surface area contributed by atoms with Crippen molar-refractivity contribution in [1.29, 1.82) is 0 Å². The van der Waals surface area contributed by atoms with E-state index in [0.29, 0.717) is 11.7 Å². The Kier molecular flexibility index (Phi) is 4.79. The molecule has 0 aliphatic heterocycles. The van der Waals surface area contributed by atoms with Crippen LogP contribution >= 0.6 is 0 Å². The molecule has 154 valence electrons. The second-order valence-corrected chi connectivity index (χ2v) is 8.14. The molecular formula is C24H26N4O2. The first-order valence-electron chi connectivity index (χ1n) is 10.6. The van der Waals surface area contributed by atoms with Crippen LogP contribution in [0, 0.1) is 6.92 Å². The fraction of sp³-hybridized carbons (Fsp3) is 0.333. The average Bonchev–Trinajstić information content (AvgIpc) is 3.41. The van der Waals surface area contributed by atoms with E-state index in [1.807, 2.05) is 25.1 Å². The normalized spacial score (nSPS) is 14.7. The van der Waals surface area contributed by atoms with Crippen molar-refractivity contribution in [1.82, 2.24) is 19.9 Å². The highest BCUT2D eigenvalue weighted by Crippen LogP contribution is 2.37. The smallest absolute Gasteiger partial charge is 0.348 e. The zero-order valence-electron chi connectivity index (χ0n) is 17.4. The first-order chi connectivity index (χ1) is 14.7. The van der Waals surface area contributed by atoms with E-state index in [4.69, 9.17) is 4.74 Å². The van der Waals surface area contributed by atoms with Crippen molar-refractivity contribution >= 4 is 16.6 Å². The molecule has 30 heavy (non-hydrogen) atoms. The predicted molar refractivity (Wildman–Crippen MR) is 119 cm³/mol. The third-order valence-electron chi connectivity index (χ3n) is 6.27. The minimum atomic E-state index is -0.234. The molecule has 0 amide bonds. The van der Waals surface area contributed by atoms with E-state index < -0.39 is 0 Å². The molecule has 0 spiro atoms. The fourth-order valence-corrected chi connectivity index (χ4v) is 4.68. The van der Waals surface area contributed by atoms with Gasteiger partial charge in [-0.05, 0) is 54.7 Å². The monoisotopic (exact) mass is 402 g/mol. The number of pyridine rings is 1. The summed E-state index contributed by atoms with van der Waals surface area (Å²) in [7, 11) is 1.70. The first-order valence-corrected chi connectivity index (χ1v) is 10.6. The number of aromatic nitrogens is 3. The summed E-state index contributed by atoms with van der Waals surface area (Å²) in [5.74, 6) is 0.801. The van der Waals surface area contributed by atoms with Crippen molar-refractivity contribution in [2.45, 2.75) is 45.2 Å². The summed E-state index contributed by atoms with van der Waals surface area (Å²) < 4.78 is 7.42. The van der Waals surface area contributed by atoms with Gasteiger partial charge in [-0.3, -0.25) is 0 Å². The summed E-state index contributed by atoms with van der Waals surface area (Å²) in [6.45, 7) is 2.84. The number of hydrogen-bond acceptors (Lipinski definition) is 4. The molecule has 0 saturated heterocycles. The van der Waals surface area contributed by atoms with Gasteiger partial charge >= 0.3 is 5.69 Å². The van der Waals surface area contributed by atoms with Gasteiger partial charge in [0.2, 0.25) is 0 Å². The van der Waals surface area contributed by atoms with Gasteiger partial charge < -0.3 is 10.1 Å². The molecule has 5 rings (SSSR count). The van der Waals surface area contributed by atoms with Gasteiger partial charge in [0.25, 0.3) is 0 Å². The van der Waals surface area contributed by atoms with E-state index in [2.05, 4.69) is 39.8 Å². The molecule has 0 radical (unpaired) electrons. The standard InChI is InChI=1S/C24H26N4O2/c1-15-11-23-26-27-24(29)28(23)21-12-20(22(30-2)13-19(15)21)18-10-6-3-7-16(18)14-25-17-8-4-5-9-17/h3,6-7,10-13,17,25H,4-5,8-9,14H2,1-2H3,(H,27,29). The quantitative estimate of drug-likeness (QED) is 0.525. The predicted octanol–water partition coefficient (Wildman–Crippen LogP) is 4.19. The molecule has 0 atom stereocenters. The number of methoxy groups -OCH3 is 1. The highest BCUT2D eigenvalue weighted by atomic mass is 16.5. The van der Waals surface area contributed by atoms with Crippen molar-refractivity contribution in [2.75, 3.05) is 7.11 Å². The summed E-state index contributed by atoms with van der Waals surface area (Å²) in [5, 5.41) is 11.4. The van der Waals surface area contributed by atoms with E-state index in [9.17, 15) is 4.79 Å². The minimum absolute atomic E-state index is 0.234. The maximum atomic E-state index is 12.4. The molecule has 4 aromatic rings. The maximum absolute atomic E-state index is 12.4. The van der Waals surface area contributed by atoms with E-state index in [1.54, 1.807) is 11.5 Å². The van der Waals surface area contributed by atoms with Crippen LogP contribution in [0.25, 0.3) is 27.7 Å². The molecule has 0 bridgehead atoms. The van der Waals surface area contributed by atoms with E-state index in [-0.39, 0.29) is 5.69 Å². The zero-order chi connectivity index (χ0) is 20.7. The highest BCUT2D eigenvalue weighted by molar-refractivity contribution is 5.92. The summed E-state index contributed by atoms with van der Waals surface area (Å²) in [6, 6.07) is 15.0. The van der Waals surface area contributed by atoms with Crippen LogP contribution in [0.4, 0.5) is 0 Å². The molecule has 2 aromatic carbocycles. The van der Waals surface area contributed by atoms with E-state index >= 15 is 0 Å². The van der Waals surface area contributed by atoms with Gasteiger partial charge in [0, 0.05) is 23.5 Å². The molecule has 1 fully saturated rings. The van der Waals surface area contributed by atoms with Gasteiger partial charge in [0.05, 0.1) is 12.6 Å². The van der Waals surface area contributed by atoms with Gasteiger partial charge in [0.15, 0.2) is 5.65 Å². The van der Waals surface area contributed by atoms with Crippen molar-refractivity contribution in [3.8, 4) is 16.9 Å². The van der Waals surface area contributed by atoms with Gasteiger partial charge in [-0.2, -0.15) is 5.10 Å². The van der Waals surface area contributed by atoms with Crippen LogP contribution in [0.15, 0.2) is 47.3 Å². The second kappa shape index (κ2) is 7.61. The van der Waals surface area contributed by atoms with Crippen LogP contribution in [0.3, 0.4) is 0 Å². The summed E-state index contributed by atoms with van der Waals surface area (Å²) >= 11 is 0. The summed E-state index contributed by atoms with van der Waals surface area (Å²) in [5.41, 5.74) is 5.60. The lowest BCUT2D eigenvalue weighted by molar-refractivity contribution is 0.417. The molecule has 2 heterocycles. The number of nitrogens with zero attached hydrogens (tertiary/aromatic N) is 2. The Bertz CT molecular complexity index is 1280. The topological polar surface area (TPSA) is 71.4 Å². The Labute approximate surface area is 174 Å². The lowest BCUT2D eigenvalue weighted by atomic mass is 9.96. The molecule has 1 saturated carbocycles. The molecule has 6 heteroatoms. The van der Waals surface area contributed by atoms with E-state index in [1.165, 1.54) is 31.2 Å². The lowest BCUT2D eigenvalue weighted by Gasteiger charge is -2.17. The molecule has 6 nitrogen and oxygen atoms in total. The number of aryl methyl sites for hydroxylation is 1. The number of ether oxygens (including phenoxy) is 1. The Morgan fingerprint density at radius 1 is 1.17 bits per heavy atom. The molecule has 0 unspecified atom stereocenters. The number of rotatable bonds is 5. The van der Waals surface area contributed by atoms with Crippen molar-refractivity contribution in [3.63, 3.8) is 0 Å². The number of H-pyrrole nitrogens is 1. The summed E-state index contributed by atoms with van der Waals surface area (Å²) in [4.78, 5) is 12.4. The molecule has 1 aliphatic carbocycles. The zero-order valence-corrected chi connectivity index (χ0v) is 17.4. The largest absolute Gasteiger partial charge is 0.496 e. The molecule has 2 aromatic heterocycles. The van der Waals surface area contributed by atoms with Crippen molar-refractivity contribution in [3.05, 3.63) is 64.1 Å². The van der Waals surface area contributed by atoms with Crippen LogP contribution in [0.1, 0.15) is 36.8 Å². The van der Waals surface area contributed by atoms with Crippen LogP contribution in [0.2, 0.25) is 0 Å². The van der Waals surface area contributed by atoms with Gasteiger partial charge in [-0.1, -0.05) is 37.1 Å². The van der Waals surface area contributed by atoms with Gasteiger partial charge in [-0.15, -0.1) is 0 Å². The van der Waals surface area contributed by atoms with Crippen LogP contribution in [-0.4, -0.2) is 27.7 Å². The fourth-order valence-electron chi connectivity index (χ4n) is 4.68. The van der Waals surface area contributed by atoms with Crippen LogP contribution in [-0.2, 0) is 6.54 Å². The highest BCUT2D eigenvalue weighted by Gasteiger charge is 2.18. The Hall–Kier alpha value is -3.12. The van der Waals surface area contributed by atoms with Crippen LogP contribution < -0.4 is 15.7 Å². The third kappa shape index (κ3) is 3.17. The third-order valence-corrected chi connectivity index (χ3v) is 6.27. The summed E-state index contributed by atoms with van der Waals surface area (Å²) in [6.07, 6.45) is 5.13. The number of hydrogen-bond donors (Lipinski definition) is 2. The number of nitrogens with one attached hydrogen (secondary N) is 2. The number of aromatic amines is 1. The number of fused-ring (bicyclic) bond motifs is 3. The van der Waals surface area contributed by atoms with E-state index in [0.717, 1.165) is 39.9 Å². The molecule has 2 N–H and O–H groups in total. The Balaban J connectivity index is 1.68. The van der Waals surface area contributed by atoms with Gasteiger partial charge in [-0.25, -0.2) is 14.3 Å².